The molecule has 2 N–H and O–H groups in total. The molecule has 0 saturated heterocycles. The van der Waals surface area contributed by atoms with E-state index in [9.17, 15) is 9.59 Å². The SMILES string of the molecule is CC(=O)NCCNC(=O)c1ccccc1CCc1ccccc1. The molecule has 0 atom stereocenters. The minimum absolute atomic E-state index is 0.0949. The lowest BCUT2D eigenvalue weighted by Crippen LogP contribution is -2.34. The Hall–Kier alpha value is -2.62. The summed E-state index contributed by atoms with van der Waals surface area (Å²) < 4.78 is 0. The molecule has 0 spiro atoms. The van der Waals surface area contributed by atoms with E-state index < -0.39 is 0 Å². The third-order valence-electron chi connectivity index (χ3n) is 3.57. The molecule has 0 fully saturated rings. The molecule has 0 aliphatic rings. The smallest absolute Gasteiger partial charge is 0.251 e. The van der Waals surface area contributed by atoms with Crippen molar-refractivity contribution in [2.75, 3.05) is 13.1 Å². The zero-order chi connectivity index (χ0) is 16.5. The van der Waals surface area contributed by atoms with Crippen molar-refractivity contribution in [3.63, 3.8) is 0 Å². The maximum Gasteiger partial charge on any atom is 0.251 e. The molecule has 2 aromatic carbocycles. The van der Waals surface area contributed by atoms with Crippen molar-refractivity contribution < 1.29 is 9.59 Å². The predicted octanol–water partition coefficient (Wildman–Crippen LogP) is 2.34. The topological polar surface area (TPSA) is 58.2 Å². The van der Waals surface area contributed by atoms with Crippen LogP contribution in [0.2, 0.25) is 0 Å². The Morgan fingerprint density at radius 3 is 2.22 bits per heavy atom. The summed E-state index contributed by atoms with van der Waals surface area (Å²) in [6.45, 7) is 2.32. The van der Waals surface area contributed by atoms with E-state index in [2.05, 4.69) is 22.8 Å². The standard InChI is InChI=1S/C19H22N2O2/c1-15(22)20-13-14-21-19(23)18-10-6-5-9-17(18)12-11-16-7-3-2-4-8-16/h2-10H,11-14H2,1H3,(H,20,22)(H,21,23). The van der Waals surface area contributed by atoms with E-state index in [0.29, 0.717) is 18.7 Å². The van der Waals surface area contributed by atoms with Gasteiger partial charge in [0, 0.05) is 25.6 Å². The first-order chi connectivity index (χ1) is 11.2. The summed E-state index contributed by atoms with van der Waals surface area (Å²) in [6, 6.07) is 17.9. The van der Waals surface area contributed by atoms with Crippen LogP contribution in [-0.2, 0) is 17.6 Å². The van der Waals surface area contributed by atoms with Crippen LogP contribution in [0.5, 0.6) is 0 Å². The highest BCUT2D eigenvalue weighted by atomic mass is 16.2. The van der Waals surface area contributed by atoms with E-state index in [1.807, 2.05) is 42.5 Å². The molecule has 4 nitrogen and oxygen atoms in total. The van der Waals surface area contributed by atoms with Crippen LogP contribution in [0.4, 0.5) is 0 Å². The number of rotatable bonds is 7. The van der Waals surface area contributed by atoms with Crippen molar-refractivity contribution in [3.05, 3.63) is 71.3 Å². The maximum atomic E-state index is 12.3. The van der Waals surface area contributed by atoms with Crippen molar-refractivity contribution in [2.24, 2.45) is 0 Å². The fourth-order valence-corrected chi connectivity index (χ4v) is 2.39. The lowest BCUT2D eigenvalue weighted by atomic mass is 9.99. The molecular formula is C19H22N2O2. The number of aryl methyl sites for hydroxylation is 2. The Kier molecular flexibility index (Phi) is 6.36. The molecule has 0 aliphatic carbocycles. The third kappa shape index (κ3) is 5.58. The Morgan fingerprint density at radius 2 is 1.48 bits per heavy atom. The van der Waals surface area contributed by atoms with Crippen LogP contribution in [0, 0.1) is 0 Å². The van der Waals surface area contributed by atoms with Gasteiger partial charge < -0.3 is 10.6 Å². The van der Waals surface area contributed by atoms with Gasteiger partial charge in [-0.2, -0.15) is 0 Å². The number of nitrogens with one attached hydrogen (secondary N) is 2. The van der Waals surface area contributed by atoms with Crippen molar-refractivity contribution >= 4 is 11.8 Å². The molecule has 4 heteroatoms. The number of hydrogen-bond donors (Lipinski definition) is 2. The highest BCUT2D eigenvalue weighted by molar-refractivity contribution is 5.95. The van der Waals surface area contributed by atoms with Crippen LogP contribution < -0.4 is 10.6 Å². The first kappa shape index (κ1) is 16.7. The third-order valence-corrected chi connectivity index (χ3v) is 3.57. The normalized spacial score (nSPS) is 10.1. The molecule has 0 unspecified atom stereocenters. The van der Waals surface area contributed by atoms with Crippen molar-refractivity contribution in [1.82, 2.24) is 10.6 Å². The Balaban J connectivity index is 1.93. The van der Waals surface area contributed by atoms with Crippen LogP contribution in [0.15, 0.2) is 54.6 Å². The van der Waals surface area contributed by atoms with Crippen molar-refractivity contribution in [2.45, 2.75) is 19.8 Å². The zero-order valence-electron chi connectivity index (χ0n) is 13.3. The number of carbonyl (C=O) groups excluding carboxylic acids is 2. The Labute approximate surface area is 136 Å². The second-order valence-corrected chi connectivity index (χ2v) is 5.38. The van der Waals surface area contributed by atoms with Gasteiger partial charge in [-0.3, -0.25) is 9.59 Å². The summed E-state index contributed by atoms with van der Waals surface area (Å²) >= 11 is 0. The van der Waals surface area contributed by atoms with Gasteiger partial charge in [-0.15, -0.1) is 0 Å². The number of carbonyl (C=O) groups is 2. The highest BCUT2D eigenvalue weighted by Gasteiger charge is 2.10. The van der Waals surface area contributed by atoms with Crippen LogP contribution in [0.3, 0.4) is 0 Å². The quantitative estimate of drug-likeness (QED) is 0.771. The molecule has 0 aromatic heterocycles. The first-order valence-corrected chi connectivity index (χ1v) is 7.81. The van der Waals surface area contributed by atoms with E-state index in [4.69, 9.17) is 0 Å². The monoisotopic (exact) mass is 310 g/mol. The van der Waals surface area contributed by atoms with Crippen molar-refractivity contribution in [3.8, 4) is 0 Å². The summed E-state index contributed by atoms with van der Waals surface area (Å²) in [4.78, 5) is 23.1. The van der Waals surface area contributed by atoms with Gasteiger partial charge in [-0.1, -0.05) is 48.5 Å². The Bertz CT molecular complexity index is 653. The predicted molar refractivity (Wildman–Crippen MR) is 91.3 cm³/mol. The molecule has 0 radical (unpaired) electrons. The fourth-order valence-electron chi connectivity index (χ4n) is 2.39. The molecule has 2 aromatic rings. The van der Waals surface area contributed by atoms with Crippen LogP contribution >= 0.6 is 0 Å². The van der Waals surface area contributed by atoms with E-state index in [-0.39, 0.29) is 11.8 Å². The van der Waals surface area contributed by atoms with Gasteiger partial charge >= 0.3 is 0 Å². The average molecular weight is 310 g/mol. The molecule has 0 bridgehead atoms. The summed E-state index contributed by atoms with van der Waals surface area (Å²) in [5.41, 5.74) is 2.99. The molecule has 0 aliphatic heterocycles. The largest absolute Gasteiger partial charge is 0.355 e. The molecular weight excluding hydrogens is 288 g/mol. The van der Waals surface area contributed by atoms with Gasteiger partial charge in [-0.25, -0.2) is 0 Å². The first-order valence-electron chi connectivity index (χ1n) is 7.81. The summed E-state index contributed by atoms with van der Waals surface area (Å²) in [6.07, 6.45) is 1.72. The summed E-state index contributed by atoms with van der Waals surface area (Å²) in [5, 5.41) is 5.50. The number of benzene rings is 2. The number of amides is 2. The highest BCUT2D eigenvalue weighted by Crippen LogP contribution is 2.12. The van der Waals surface area contributed by atoms with Crippen molar-refractivity contribution in [1.29, 1.82) is 0 Å². The van der Waals surface area contributed by atoms with Crippen LogP contribution in [-0.4, -0.2) is 24.9 Å². The van der Waals surface area contributed by atoms with Gasteiger partial charge in [0.05, 0.1) is 0 Å². The number of hydrogen-bond acceptors (Lipinski definition) is 2. The summed E-state index contributed by atoms with van der Waals surface area (Å²) in [7, 11) is 0. The second kappa shape index (κ2) is 8.73. The maximum absolute atomic E-state index is 12.3. The molecule has 0 saturated carbocycles. The van der Waals surface area contributed by atoms with Gasteiger partial charge in [0.1, 0.15) is 0 Å². The molecule has 2 rings (SSSR count). The molecule has 2 amide bonds. The fraction of sp³-hybridized carbons (Fsp3) is 0.263. The van der Waals surface area contributed by atoms with E-state index in [1.54, 1.807) is 0 Å². The zero-order valence-corrected chi connectivity index (χ0v) is 13.3. The van der Waals surface area contributed by atoms with Crippen LogP contribution in [0.1, 0.15) is 28.4 Å². The van der Waals surface area contributed by atoms with Crippen LogP contribution in [0.25, 0.3) is 0 Å². The second-order valence-electron chi connectivity index (χ2n) is 5.38. The summed E-state index contributed by atoms with van der Waals surface area (Å²) in [5.74, 6) is -0.193. The lowest BCUT2D eigenvalue weighted by Gasteiger charge is -2.10. The van der Waals surface area contributed by atoms with Gasteiger partial charge in [0.15, 0.2) is 0 Å². The lowest BCUT2D eigenvalue weighted by molar-refractivity contribution is -0.118. The molecule has 0 heterocycles. The van der Waals surface area contributed by atoms with E-state index in [0.717, 1.165) is 18.4 Å². The van der Waals surface area contributed by atoms with Gasteiger partial charge in [0.2, 0.25) is 5.91 Å². The van der Waals surface area contributed by atoms with Gasteiger partial charge in [-0.05, 0) is 30.0 Å². The average Bonchev–Trinajstić information content (AvgIpc) is 2.58. The Morgan fingerprint density at radius 1 is 0.826 bits per heavy atom. The molecule has 120 valence electrons. The minimum Gasteiger partial charge on any atom is -0.355 e. The van der Waals surface area contributed by atoms with E-state index in [1.165, 1.54) is 12.5 Å². The van der Waals surface area contributed by atoms with E-state index >= 15 is 0 Å². The minimum atomic E-state index is -0.0981. The van der Waals surface area contributed by atoms with Gasteiger partial charge in [0.25, 0.3) is 5.91 Å². The molecule has 23 heavy (non-hydrogen) atoms.